The largest absolute Gasteiger partial charge is 0.473 e. The van der Waals surface area contributed by atoms with Crippen molar-refractivity contribution in [3.8, 4) is 5.88 Å². The summed E-state index contributed by atoms with van der Waals surface area (Å²) < 4.78 is 10.3. The normalized spacial score (nSPS) is 12.3. The number of nitrogen functional groups attached to an aromatic ring is 1. The van der Waals surface area contributed by atoms with Gasteiger partial charge in [0, 0.05) is 0 Å². The molecule has 6 heteroatoms. The standard InChI is InChI=1S/C14H23N3O3/c1-8(2)12(14(18)19-5)16-11-7-6-10(15)13(17-11)20-9(3)4/h6-9,12H,15H2,1-5H3,(H,16,17). The second-order valence-electron chi connectivity index (χ2n) is 5.15. The Balaban J connectivity index is 2.93. The van der Waals surface area contributed by atoms with Crippen LogP contribution in [0.3, 0.4) is 0 Å². The Morgan fingerprint density at radius 2 is 1.95 bits per heavy atom. The number of methoxy groups -OCH3 is 1. The van der Waals surface area contributed by atoms with Gasteiger partial charge in [-0.05, 0) is 31.9 Å². The molecule has 1 unspecified atom stereocenters. The molecule has 6 nitrogen and oxygen atoms in total. The highest BCUT2D eigenvalue weighted by Crippen LogP contribution is 2.23. The first kappa shape index (κ1) is 16.1. The number of hydrogen-bond donors (Lipinski definition) is 2. The average Bonchev–Trinajstić information content (AvgIpc) is 2.37. The van der Waals surface area contributed by atoms with E-state index in [-0.39, 0.29) is 18.0 Å². The minimum Gasteiger partial charge on any atom is -0.473 e. The number of pyridine rings is 1. The van der Waals surface area contributed by atoms with Gasteiger partial charge in [-0.3, -0.25) is 0 Å². The summed E-state index contributed by atoms with van der Waals surface area (Å²) in [5.74, 6) is 0.623. The van der Waals surface area contributed by atoms with Gasteiger partial charge in [-0.1, -0.05) is 13.8 Å². The third-order valence-corrected chi connectivity index (χ3v) is 2.66. The van der Waals surface area contributed by atoms with Crippen molar-refractivity contribution in [3.63, 3.8) is 0 Å². The first-order valence-corrected chi connectivity index (χ1v) is 6.62. The smallest absolute Gasteiger partial charge is 0.328 e. The summed E-state index contributed by atoms with van der Waals surface area (Å²) >= 11 is 0. The van der Waals surface area contributed by atoms with Crippen LogP contribution in [0.25, 0.3) is 0 Å². The van der Waals surface area contributed by atoms with Gasteiger partial charge in [-0.15, -0.1) is 0 Å². The van der Waals surface area contributed by atoms with Crippen LogP contribution in [0.2, 0.25) is 0 Å². The Morgan fingerprint density at radius 3 is 2.45 bits per heavy atom. The van der Waals surface area contributed by atoms with Gasteiger partial charge in [0.25, 0.3) is 0 Å². The molecule has 1 rings (SSSR count). The number of anilines is 2. The van der Waals surface area contributed by atoms with Crippen LogP contribution in [-0.4, -0.2) is 30.2 Å². The monoisotopic (exact) mass is 281 g/mol. The molecule has 0 radical (unpaired) electrons. The second-order valence-corrected chi connectivity index (χ2v) is 5.15. The molecule has 0 fully saturated rings. The Morgan fingerprint density at radius 1 is 1.30 bits per heavy atom. The van der Waals surface area contributed by atoms with E-state index in [1.54, 1.807) is 12.1 Å². The van der Waals surface area contributed by atoms with Crippen LogP contribution in [0, 0.1) is 5.92 Å². The summed E-state index contributed by atoms with van der Waals surface area (Å²) in [4.78, 5) is 16.0. The fourth-order valence-corrected chi connectivity index (χ4v) is 1.63. The molecule has 0 amide bonds. The number of ether oxygens (including phenoxy) is 2. The van der Waals surface area contributed by atoms with E-state index in [4.69, 9.17) is 15.2 Å². The maximum atomic E-state index is 11.7. The minimum absolute atomic E-state index is 0.0263. The first-order chi connectivity index (χ1) is 9.35. The van der Waals surface area contributed by atoms with Gasteiger partial charge in [0.15, 0.2) is 0 Å². The number of aromatic nitrogens is 1. The maximum Gasteiger partial charge on any atom is 0.328 e. The van der Waals surface area contributed by atoms with Crippen LogP contribution in [0.5, 0.6) is 5.88 Å². The molecule has 0 bridgehead atoms. The van der Waals surface area contributed by atoms with Gasteiger partial charge < -0.3 is 20.5 Å². The predicted molar refractivity (Wildman–Crippen MR) is 78.7 cm³/mol. The van der Waals surface area contributed by atoms with Gasteiger partial charge in [0.1, 0.15) is 11.9 Å². The van der Waals surface area contributed by atoms with Crippen molar-refractivity contribution in [1.29, 1.82) is 0 Å². The summed E-state index contributed by atoms with van der Waals surface area (Å²) in [5.41, 5.74) is 6.27. The molecule has 1 atom stereocenters. The van der Waals surface area contributed by atoms with Crippen LogP contribution in [0.15, 0.2) is 12.1 Å². The lowest BCUT2D eigenvalue weighted by atomic mass is 10.0. The van der Waals surface area contributed by atoms with E-state index < -0.39 is 6.04 Å². The molecule has 1 heterocycles. The predicted octanol–water partition coefficient (Wildman–Crippen LogP) is 2.06. The number of esters is 1. The lowest BCUT2D eigenvalue weighted by Gasteiger charge is -2.21. The zero-order chi connectivity index (χ0) is 15.3. The number of nitrogens with one attached hydrogen (secondary N) is 1. The maximum absolute atomic E-state index is 11.7. The van der Waals surface area contributed by atoms with Crippen molar-refractivity contribution >= 4 is 17.5 Å². The molecule has 0 aliphatic carbocycles. The van der Waals surface area contributed by atoms with Crippen molar-refractivity contribution in [2.75, 3.05) is 18.2 Å². The summed E-state index contributed by atoms with van der Waals surface area (Å²) in [6.07, 6.45) is -0.0263. The molecule has 0 aliphatic rings. The highest BCUT2D eigenvalue weighted by atomic mass is 16.5. The van der Waals surface area contributed by atoms with Gasteiger partial charge >= 0.3 is 5.97 Å². The summed E-state index contributed by atoms with van der Waals surface area (Å²) in [6, 6.07) is 2.94. The molecule has 3 N–H and O–H groups in total. The van der Waals surface area contributed by atoms with Crippen LogP contribution in [0.4, 0.5) is 11.5 Å². The minimum atomic E-state index is -0.469. The van der Waals surface area contributed by atoms with E-state index in [0.29, 0.717) is 17.4 Å². The van der Waals surface area contributed by atoms with Crippen molar-refractivity contribution in [2.45, 2.75) is 39.8 Å². The zero-order valence-corrected chi connectivity index (χ0v) is 12.6. The van der Waals surface area contributed by atoms with E-state index >= 15 is 0 Å². The zero-order valence-electron chi connectivity index (χ0n) is 12.6. The number of hydrogen-bond acceptors (Lipinski definition) is 6. The van der Waals surface area contributed by atoms with Crippen LogP contribution in [0.1, 0.15) is 27.7 Å². The van der Waals surface area contributed by atoms with Crippen molar-refractivity contribution < 1.29 is 14.3 Å². The first-order valence-electron chi connectivity index (χ1n) is 6.62. The summed E-state index contributed by atoms with van der Waals surface area (Å²) in [6.45, 7) is 7.65. The Labute approximate surface area is 119 Å². The van der Waals surface area contributed by atoms with E-state index in [0.717, 1.165) is 0 Å². The van der Waals surface area contributed by atoms with Crippen LogP contribution >= 0.6 is 0 Å². The van der Waals surface area contributed by atoms with Gasteiger partial charge in [-0.25, -0.2) is 4.79 Å². The Bertz CT molecular complexity index is 461. The third-order valence-electron chi connectivity index (χ3n) is 2.66. The topological polar surface area (TPSA) is 86.5 Å². The average molecular weight is 281 g/mol. The van der Waals surface area contributed by atoms with Crippen molar-refractivity contribution in [2.24, 2.45) is 5.92 Å². The van der Waals surface area contributed by atoms with Crippen LogP contribution < -0.4 is 15.8 Å². The van der Waals surface area contributed by atoms with E-state index in [1.807, 2.05) is 27.7 Å². The molecule has 0 aromatic carbocycles. The highest BCUT2D eigenvalue weighted by Gasteiger charge is 2.23. The van der Waals surface area contributed by atoms with E-state index in [1.165, 1.54) is 7.11 Å². The van der Waals surface area contributed by atoms with Crippen molar-refractivity contribution in [3.05, 3.63) is 12.1 Å². The quantitative estimate of drug-likeness (QED) is 0.776. The second kappa shape index (κ2) is 6.98. The molecule has 0 saturated carbocycles. The molecule has 112 valence electrons. The summed E-state index contributed by atoms with van der Waals surface area (Å²) in [7, 11) is 1.36. The van der Waals surface area contributed by atoms with E-state index in [9.17, 15) is 4.79 Å². The van der Waals surface area contributed by atoms with Crippen molar-refractivity contribution in [1.82, 2.24) is 4.98 Å². The number of nitrogens with two attached hydrogens (primary N) is 1. The summed E-state index contributed by atoms with van der Waals surface area (Å²) in [5, 5.41) is 3.05. The number of carbonyl (C=O) groups is 1. The molecule has 20 heavy (non-hydrogen) atoms. The highest BCUT2D eigenvalue weighted by molar-refractivity contribution is 5.79. The van der Waals surface area contributed by atoms with Gasteiger partial charge in [0.05, 0.1) is 18.9 Å². The fourth-order valence-electron chi connectivity index (χ4n) is 1.63. The molecular formula is C14H23N3O3. The fraction of sp³-hybridized carbons (Fsp3) is 0.571. The number of carbonyl (C=O) groups excluding carboxylic acids is 1. The molecule has 0 spiro atoms. The number of nitrogens with zero attached hydrogens (tertiary/aromatic N) is 1. The number of rotatable bonds is 6. The lowest BCUT2D eigenvalue weighted by molar-refractivity contribution is -0.142. The third kappa shape index (κ3) is 4.29. The molecule has 0 aliphatic heterocycles. The molecular weight excluding hydrogens is 258 g/mol. The van der Waals surface area contributed by atoms with E-state index in [2.05, 4.69) is 10.3 Å². The van der Waals surface area contributed by atoms with Gasteiger partial charge in [0.2, 0.25) is 5.88 Å². The molecule has 1 aromatic rings. The Hall–Kier alpha value is -1.98. The Kier molecular flexibility index (Phi) is 5.61. The van der Waals surface area contributed by atoms with Crippen LogP contribution in [-0.2, 0) is 9.53 Å². The molecule has 1 aromatic heterocycles. The van der Waals surface area contributed by atoms with Gasteiger partial charge in [-0.2, -0.15) is 4.98 Å². The lowest BCUT2D eigenvalue weighted by Crippen LogP contribution is -2.35. The molecule has 0 saturated heterocycles. The SMILES string of the molecule is COC(=O)C(Nc1ccc(N)c(OC(C)C)n1)C(C)C.